The van der Waals surface area contributed by atoms with Crippen molar-refractivity contribution in [2.75, 3.05) is 45.2 Å². The molecular weight excluding hydrogens is 595 g/mol. The summed E-state index contributed by atoms with van der Waals surface area (Å²) in [5.74, 6) is 0.0447. The van der Waals surface area contributed by atoms with Crippen LogP contribution in [0, 0.1) is 12.7 Å². The minimum absolute atomic E-state index is 0.0621. The minimum atomic E-state index is -0.520. The Bertz CT molecular complexity index is 1910. The summed E-state index contributed by atoms with van der Waals surface area (Å²) in [4.78, 5) is 42.2. The number of hydrogen-bond donors (Lipinski definition) is 0. The van der Waals surface area contributed by atoms with Crippen molar-refractivity contribution in [1.82, 2.24) is 24.3 Å². The Hall–Kier alpha value is -4.28. The van der Waals surface area contributed by atoms with Crippen LogP contribution in [0.4, 0.5) is 10.2 Å². The van der Waals surface area contributed by atoms with Crippen LogP contribution < -0.4 is 15.3 Å². The second kappa shape index (κ2) is 11.9. The van der Waals surface area contributed by atoms with E-state index in [1.54, 1.807) is 23.1 Å². The molecule has 45 heavy (non-hydrogen) atoms. The number of nitrogens with zero attached hydrogens (tertiary/aromatic N) is 6. The van der Waals surface area contributed by atoms with Crippen LogP contribution in [0.1, 0.15) is 36.5 Å². The molecule has 0 saturated carbocycles. The molecule has 2 aromatic heterocycles. The van der Waals surface area contributed by atoms with Crippen molar-refractivity contribution in [3.63, 3.8) is 0 Å². The second-order valence-electron chi connectivity index (χ2n) is 12.2. The van der Waals surface area contributed by atoms with Gasteiger partial charge in [0.05, 0.1) is 17.4 Å². The van der Waals surface area contributed by atoms with Gasteiger partial charge in [0.15, 0.2) is 11.4 Å². The van der Waals surface area contributed by atoms with Crippen molar-refractivity contribution < 1.29 is 13.9 Å². The number of hydrogen-bond acceptors (Lipinski definition) is 7. The average Bonchev–Trinajstić information content (AvgIpc) is 3.16. The molecule has 0 unspecified atom stereocenters. The fourth-order valence-electron chi connectivity index (χ4n) is 6.43. The zero-order valence-electron chi connectivity index (χ0n) is 26.1. The number of carbonyl (C=O) groups is 1. The zero-order chi connectivity index (χ0) is 32.2. The number of aromatic nitrogens is 3. The maximum atomic E-state index is 15.3. The van der Waals surface area contributed by atoms with Gasteiger partial charge >= 0.3 is 5.69 Å². The number of rotatable bonds is 6. The molecule has 0 aliphatic carbocycles. The second-order valence-corrected chi connectivity index (χ2v) is 12.6. The molecule has 11 heteroatoms. The summed E-state index contributed by atoms with van der Waals surface area (Å²) >= 11 is 7.02. The Morgan fingerprint density at radius 3 is 2.67 bits per heavy atom. The Labute approximate surface area is 266 Å². The highest BCUT2D eigenvalue weighted by atomic mass is 35.5. The third kappa shape index (κ3) is 5.36. The normalized spacial score (nSPS) is 16.2. The van der Waals surface area contributed by atoms with Crippen LogP contribution in [0.2, 0.25) is 5.02 Å². The zero-order valence-corrected chi connectivity index (χ0v) is 26.9. The Balaban J connectivity index is 1.68. The van der Waals surface area contributed by atoms with E-state index in [4.69, 9.17) is 21.3 Å². The summed E-state index contributed by atoms with van der Waals surface area (Å²) in [7, 11) is 4.03. The predicted molar refractivity (Wildman–Crippen MR) is 175 cm³/mol. The predicted octanol–water partition coefficient (Wildman–Crippen LogP) is 5.33. The molecule has 2 aromatic carbocycles. The monoisotopic (exact) mass is 630 g/mol. The van der Waals surface area contributed by atoms with Crippen LogP contribution in [0.3, 0.4) is 0 Å². The third-order valence-corrected chi connectivity index (χ3v) is 8.78. The molecule has 0 N–H and O–H groups in total. The van der Waals surface area contributed by atoms with Crippen LogP contribution in [-0.4, -0.2) is 76.6 Å². The van der Waals surface area contributed by atoms with E-state index in [-0.39, 0.29) is 52.2 Å². The van der Waals surface area contributed by atoms with E-state index < -0.39 is 11.5 Å². The SMILES string of the molecule is C=CC(=O)N1CCN2c3nc(=O)n(-c4c(C)cc(CN(C)C)cc4C(C)C)c4nc(-c5ccccc5F)c(Cl)c(c34)OC[C@H]2C1. The number of ether oxygens (including phenoxy) is 1. The minimum Gasteiger partial charge on any atom is -0.489 e. The van der Waals surface area contributed by atoms with Crippen LogP contribution in [0.15, 0.2) is 53.8 Å². The molecule has 2 aliphatic rings. The lowest BCUT2D eigenvalue weighted by Crippen LogP contribution is -2.56. The molecule has 1 saturated heterocycles. The fourth-order valence-corrected chi connectivity index (χ4v) is 6.72. The summed E-state index contributed by atoms with van der Waals surface area (Å²) in [5, 5.41) is 0.596. The van der Waals surface area contributed by atoms with Gasteiger partial charge in [0, 0.05) is 31.7 Å². The molecule has 6 rings (SSSR count). The van der Waals surface area contributed by atoms with Gasteiger partial charge in [0.25, 0.3) is 0 Å². The standard InChI is InChI=1S/C34H36ClFN6O3/c1-7-26(43)40-12-13-41-22(17-40)18-45-31-27-32(41)38-34(44)42(30-20(4)14-21(16-39(5)6)15-24(30)19(2)3)33(27)37-29(28(31)35)23-10-8-9-11-25(23)36/h7-11,14-15,19,22H,1,12-13,16-18H2,2-6H3/t22-/m1/s1. The highest BCUT2D eigenvalue weighted by Gasteiger charge is 2.37. The summed E-state index contributed by atoms with van der Waals surface area (Å²) in [6.07, 6.45) is 1.29. The number of anilines is 1. The first-order chi connectivity index (χ1) is 21.5. The molecule has 4 aromatic rings. The number of aryl methyl sites for hydroxylation is 1. The number of carbonyl (C=O) groups excluding carboxylic acids is 1. The average molecular weight is 631 g/mol. The van der Waals surface area contributed by atoms with Crippen LogP contribution in [0.5, 0.6) is 5.75 Å². The lowest BCUT2D eigenvalue weighted by Gasteiger charge is -2.40. The van der Waals surface area contributed by atoms with Crippen molar-refractivity contribution in [3.05, 3.63) is 87.1 Å². The van der Waals surface area contributed by atoms with E-state index in [1.807, 2.05) is 25.9 Å². The smallest absolute Gasteiger partial charge is 0.355 e. The summed E-state index contributed by atoms with van der Waals surface area (Å²) in [6, 6.07) is 10.1. The van der Waals surface area contributed by atoms with Gasteiger partial charge in [-0.3, -0.25) is 4.79 Å². The molecule has 2 aliphatic heterocycles. The van der Waals surface area contributed by atoms with Crippen molar-refractivity contribution >= 4 is 34.4 Å². The Morgan fingerprint density at radius 2 is 1.98 bits per heavy atom. The lowest BCUT2D eigenvalue weighted by atomic mass is 9.94. The topological polar surface area (TPSA) is 83.8 Å². The third-order valence-electron chi connectivity index (χ3n) is 8.43. The molecular formula is C34H36ClFN6O3. The van der Waals surface area contributed by atoms with Gasteiger partial charge in [0.1, 0.15) is 28.7 Å². The molecule has 9 nitrogen and oxygen atoms in total. The number of piperazine rings is 1. The van der Waals surface area contributed by atoms with E-state index in [2.05, 4.69) is 42.4 Å². The Kier molecular flexibility index (Phi) is 8.13. The first-order valence-electron chi connectivity index (χ1n) is 15.0. The highest BCUT2D eigenvalue weighted by molar-refractivity contribution is 6.36. The van der Waals surface area contributed by atoms with Crippen molar-refractivity contribution in [2.45, 2.75) is 39.3 Å². The maximum absolute atomic E-state index is 15.3. The summed E-state index contributed by atoms with van der Waals surface area (Å²) in [5.41, 5.74) is 3.75. The molecule has 0 bridgehead atoms. The van der Waals surface area contributed by atoms with Crippen molar-refractivity contribution in [1.29, 1.82) is 0 Å². The number of benzene rings is 2. The van der Waals surface area contributed by atoms with Gasteiger partial charge in [0.2, 0.25) is 5.91 Å². The van der Waals surface area contributed by atoms with Gasteiger partial charge in [-0.15, -0.1) is 0 Å². The lowest BCUT2D eigenvalue weighted by molar-refractivity contribution is -0.126. The van der Waals surface area contributed by atoms with E-state index in [9.17, 15) is 9.59 Å². The first-order valence-corrected chi connectivity index (χ1v) is 15.4. The van der Waals surface area contributed by atoms with Gasteiger partial charge in [-0.05, 0) is 61.8 Å². The number of fused-ring (bicyclic) bond motifs is 2. The van der Waals surface area contributed by atoms with Crippen LogP contribution in [0.25, 0.3) is 28.0 Å². The van der Waals surface area contributed by atoms with Crippen molar-refractivity contribution in [2.24, 2.45) is 0 Å². The molecule has 234 valence electrons. The summed E-state index contributed by atoms with van der Waals surface area (Å²) in [6.45, 7) is 11.8. The number of pyridine rings is 1. The molecule has 1 fully saturated rings. The van der Waals surface area contributed by atoms with E-state index >= 15 is 4.39 Å². The van der Waals surface area contributed by atoms with Gasteiger partial charge in [-0.25, -0.2) is 18.7 Å². The molecule has 0 radical (unpaired) electrons. The van der Waals surface area contributed by atoms with E-state index in [0.29, 0.717) is 36.5 Å². The number of halogens is 2. The number of amides is 1. The van der Waals surface area contributed by atoms with E-state index in [1.165, 1.54) is 16.7 Å². The Morgan fingerprint density at radius 1 is 1.22 bits per heavy atom. The fraction of sp³-hybridized carbons (Fsp3) is 0.353. The van der Waals surface area contributed by atoms with Gasteiger partial charge < -0.3 is 19.4 Å². The van der Waals surface area contributed by atoms with E-state index in [0.717, 1.165) is 23.2 Å². The molecule has 1 atom stereocenters. The maximum Gasteiger partial charge on any atom is 0.355 e. The highest BCUT2D eigenvalue weighted by Crippen LogP contribution is 2.45. The quantitative estimate of drug-likeness (QED) is 0.266. The molecule has 4 heterocycles. The molecule has 0 spiro atoms. The van der Waals surface area contributed by atoms with Crippen LogP contribution in [-0.2, 0) is 11.3 Å². The largest absolute Gasteiger partial charge is 0.489 e. The van der Waals surface area contributed by atoms with Gasteiger partial charge in [-0.2, -0.15) is 4.98 Å². The van der Waals surface area contributed by atoms with Gasteiger partial charge in [-0.1, -0.05) is 56.3 Å². The first kappa shape index (κ1) is 30.7. The summed E-state index contributed by atoms with van der Waals surface area (Å²) < 4.78 is 23.2. The van der Waals surface area contributed by atoms with Crippen LogP contribution >= 0.6 is 11.6 Å². The van der Waals surface area contributed by atoms with Crippen molar-refractivity contribution in [3.8, 4) is 22.7 Å². The molecule has 1 amide bonds.